The van der Waals surface area contributed by atoms with E-state index in [9.17, 15) is 4.79 Å². The Kier molecular flexibility index (Phi) is 3.05. The third-order valence-electron chi connectivity index (χ3n) is 3.46. The quantitative estimate of drug-likeness (QED) is 0.719. The smallest absolute Gasteiger partial charge is 0.136 e. The van der Waals surface area contributed by atoms with Crippen LogP contribution in [0.15, 0.2) is 24.3 Å². The molecule has 1 aliphatic rings. The van der Waals surface area contributed by atoms with E-state index in [0.29, 0.717) is 23.7 Å². The molecule has 1 aromatic rings. The van der Waals surface area contributed by atoms with Crippen LogP contribution in [0.1, 0.15) is 43.2 Å². The molecule has 0 heterocycles. The Hall–Kier alpha value is -1.62. The van der Waals surface area contributed by atoms with Crippen molar-refractivity contribution in [1.82, 2.24) is 0 Å². The normalized spacial score (nSPS) is 25.1. The first kappa shape index (κ1) is 10.9. The van der Waals surface area contributed by atoms with Gasteiger partial charge in [-0.15, -0.1) is 0 Å². The summed E-state index contributed by atoms with van der Waals surface area (Å²) in [4.78, 5) is 11.6. The van der Waals surface area contributed by atoms with Gasteiger partial charge in [-0.3, -0.25) is 4.79 Å². The summed E-state index contributed by atoms with van der Waals surface area (Å²) in [6, 6.07) is 9.73. The molecule has 0 aromatic heterocycles. The molecule has 0 N–H and O–H groups in total. The molecular weight excluding hydrogens is 198 g/mol. The first-order valence-electron chi connectivity index (χ1n) is 5.73. The van der Waals surface area contributed by atoms with Crippen LogP contribution in [0.3, 0.4) is 0 Å². The number of Topliss-reactive ketones (excluding diaryl/α,β-unsaturated/α-hetero) is 1. The minimum atomic E-state index is 0.231. The van der Waals surface area contributed by atoms with E-state index in [1.165, 1.54) is 5.56 Å². The summed E-state index contributed by atoms with van der Waals surface area (Å²) in [5.41, 5.74) is 1.87. The molecule has 0 amide bonds. The summed E-state index contributed by atoms with van der Waals surface area (Å²) >= 11 is 0. The molecule has 2 rings (SSSR count). The van der Waals surface area contributed by atoms with Crippen LogP contribution >= 0.6 is 0 Å². The Morgan fingerprint density at radius 2 is 1.94 bits per heavy atom. The molecular formula is C14H15NO. The molecule has 16 heavy (non-hydrogen) atoms. The minimum Gasteiger partial charge on any atom is -0.299 e. The van der Waals surface area contributed by atoms with E-state index in [-0.39, 0.29) is 5.92 Å². The largest absolute Gasteiger partial charge is 0.299 e. The lowest BCUT2D eigenvalue weighted by Crippen LogP contribution is -2.21. The van der Waals surface area contributed by atoms with Crippen molar-refractivity contribution in [2.24, 2.45) is 5.92 Å². The molecule has 1 saturated carbocycles. The fraction of sp³-hybridized carbons (Fsp3) is 0.429. The number of hydrogen-bond acceptors (Lipinski definition) is 2. The van der Waals surface area contributed by atoms with Gasteiger partial charge in [-0.2, -0.15) is 5.26 Å². The highest BCUT2D eigenvalue weighted by Crippen LogP contribution is 2.33. The first-order chi connectivity index (χ1) is 7.70. The number of nitrogens with zero attached hydrogens (tertiary/aromatic N) is 1. The summed E-state index contributed by atoms with van der Waals surface area (Å²) in [7, 11) is 0. The van der Waals surface area contributed by atoms with Gasteiger partial charge in [0.2, 0.25) is 0 Å². The Morgan fingerprint density at radius 1 is 1.25 bits per heavy atom. The summed E-state index contributed by atoms with van der Waals surface area (Å²) in [5, 5.41) is 8.71. The van der Waals surface area contributed by atoms with Crippen LogP contribution < -0.4 is 0 Å². The minimum absolute atomic E-state index is 0.231. The predicted molar refractivity (Wildman–Crippen MR) is 61.9 cm³/mol. The second kappa shape index (κ2) is 4.49. The lowest BCUT2D eigenvalue weighted by Gasteiger charge is -2.25. The molecule has 0 aliphatic heterocycles. The molecule has 2 heteroatoms. The average Bonchev–Trinajstić information content (AvgIpc) is 2.33. The topological polar surface area (TPSA) is 40.9 Å². The number of benzene rings is 1. The van der Waals surface area contributed by atoms with Gasteiger partial charge in [0.05, 0.1) is 11.6 Å². The van der Waals surface area contributed by atoms with Crippen molar-refractivity contribution in [1.29, 1.82) is 5.26 Å². The SMILES string of the molecule is C[C@@H]1CC[C@H](c2ccc(C#N)cc2)CC1=O. The number of carbonyl (C=O) groups is 1. The van der Waals surface area contributed by atoms with Crippen molar-refractivity contribution in [2.75, 3.05) is 0 Å². The van der Waals surface area contributed by atoms with E-state index in [2.05, 4.69) is 6.07 Å². The second-order valence-corrected chi connectivity index (χ2v) is 4.58. The molecule has 1 aromatic carbocycles. The van der Waals surface area contributed by atoms with E-state index >= 15 is 0 Å². The maximum absolute atomic E-state index is 11.6. The molecule has 0 radical (unpaired) electrons. The van der Waals surface area contributed by atoms with E-state index < -0.39 is 0 Å². The first-order valence-corrected chi connectivity index (χ1v) is 5.73. The number of hydrogen-bond donors (Lipinski definition) is 0. The van der Waals surface area contributed by atoms with Crippen LogP contribution in [0.2, 0.25) is 0 Å². The van der Waals surface area contributed by atoms with Crippen molar-refractivity contribution < 1.29 is 4.79 Å². The Bertz CT molecular complexity index is 427. The lowest BCUT2D eigenvalue weighted by atomic mass is 9.78. The van der Waals surface area contributed by atoms with Crippen LogP contribution in [0, 0.1) is 17.2 Å². The average molecular weight is 213 g/mol. The highest BCUT2D eigenvalue weighted by atomic mass is 16.1. The summed E-state index contributed by atoms with van der Waals surface area (Å²) in [6.07, 6.45) is 2.73. The molecule has 0 bridgehead atoms. The van der Waals surface area contributed by atoms with Gasteiger partial charge in [0.15, 0.2) is 0 Å². The fourth-order valence-electron chi connectivity index (χ4n) is 2.27. The zero-order valence-electron chi connectivity index (χ0n) is 9.44. The molecule has 1 fully saturated rings. The van der Waals surface area contributed by atoms with Gasteiger partial charge in [0, 0.05) is 12.3 Å². The van der Waals surface area contributed by atoms with Crippen LogP contribution in [0.5, 0.6) is 0 Å². The molecule has 2 atom stereocenters. The van der Waals surface area contributed by atoms with Gasteiger partial charge in [-0.05, 0) is 36.5 Å². The van der Waals surface area contributed by atoms with Gasteiger partial charge in [0.1, 0.15) is 5.78 Å². The fourth-order valence-corrected chi connectivity index (χ4v) is 2.27. The van der Waals surface area contributed by atoms with Crippen molar-refractivity contribution in [3.63, 3.8) is 0 Å². The standard InChI is InChI=1S/C14H15NO/c1-10-2-5-13(8-14(10)16)12-6-3-11(9-15)4-7-12/h3-4,6-7,10,13H,2,5,8H2,1H3/t10-,13+/m1/s1. The van der Waals surface area contributed by atoms with E-state index in [1.54, 1.807) is 0 Å². The van der Waals surface area contributed by atoms with Gasteiger partial charge in [0.25, 0.3) is 0 Å². The number of rotatable bonds is 1. The van der Waals surface area contributed by atoms with E-state index in [0.717, 1.165) is 12.8 Å². The predicted octanol–water partition coefficient (Wildman–Crippen LogP) is 3.03. The highest BCUT2D eigenvalue weighted by molar-refractivity contribution is 5.82. The number of carbonyl (C=O) groups excluding carboxylic acids is 1. The van der Waals surface area contributed by atoms with Crippen LogP contribution in [-0.2, 0) is 4.79 Å². The summed E-state index contributed by atoms with van der Waals surface area (Å²) < 4.78 is 0. The maximum Gasteiger partial charge on any atom is 0.136 e. The van der Waals surface area contributed by atoms with Gasteiger partial charge >= 0.3 is 0 Å². The van der Waals surface area contributed by atoms with Crippen molar-refractivity contribution >= 4 is 5.78 Å². The van der Waals surface area contributed by atoms with Gasteiger partial charge < -0.3 is 0 Å². The Morgan fingerprint density at radius 3 is 2.50 bits per heavy atom. The number of nitriles is 1. The zero-order valence-corrected chi connectivity index (χ0v) is 9.44. The van der Waals surface area contributed by atoms with Crippen LogP contribution in [0.25, 0.3) is 0 Å². The van der Waals surface area contributed by atoms with Crippen LogP contribution in [-0.4, -0.2) is 5.78 Å². The maximum atomic E-state index is 11.6. The van der Waals surface area contributed by atoms with Crippen molar-refractivity contribution in [2.45, 2.75) is 32.1 Å². The van der Waals surface area contributed by atoms with Crippen molar-refractivity contribution in [3.05, 3.63) is 35.4 Å². The van der Waals surface area contributed by atoms with E-state index in [1.807, 2.05) is 31.2 Å². The molecule has 2 nitrogen and oxygen atoms in total. The zero-order chi connectivity index (χ0) is 11.5. The Labute approximate surface area is 95.9 Å². The summed E-state index contributed by atoms with van der Waals surface area (Å²) in [6.45, 7) is 2.01. The second-order valence-electron chi connectivity index (χ2n) is 4.58. The third-order valence-corrected chi connectivity index (χ3v) is 3.46. The van der Waals surface area contributed by atoms with E-state index in [4.69, 9.17) is 5.26 Å². The molecule has 0 spiro atoms. The third kappa shape index (κ3) is 2.14. The summed E-state index contributed by atoms with van der Waals surface area (Å²) in [5.74, 6) is 0.965. The van der Waals surface area contributed by atoms with Crippen molar-refractivity contribution in [3.8, 4) is 6.07 Å². The highest BCUT2D eigenvalue weighted by Gasteiger charge is 2.26. The van der Waals surface area contributed by atoms with Gasteiger partial charge in [-0.25, -0.2) is 0 Å². The molecule has 82 valence electrons. The Balaban J connectivity index is 2.13. The molecule has 0 saturated heterocycles. The van der Waals surface area contributed by atoms with Gasteiger partial charge in [-0.1, -0.05) is 19.1 Å². The lowest BCUT2D eigenvalue weighted by molar-refractivity contribution is -0.124. The monoisotopic (exact) mass is 213 g/mol. The van der Waals surface area contributed by atoms with Crippen LogP contribution in [0.4, 0.5) is 0 Å². The molecule has 1 aliphatic carbocycles. The number of ketones is 1. The molecule has 0 unspecified atom stereocenters.